The number of nitrogens with one attached hydrogen (secondary N) is 1. The molecule has 0 saturated carbocycles. The second-order valence-electron chi connectivity index (χ2n) is 3.68. The van der Waals surface area contributed by atoms with Gasteiger partial charge in [-0.2, -0.15) is 5.26 Å². The first kappa shape index (κ1) is 13.2. The van der Waals surface area contributed by atoms with Crippen molar-refractivity contribution in [3.05, 3.63) is 58.4 Å². The van der Waals surface area contributed by atoms with Crippen molar-refractivity contribution in [2.75, 3.05) is 5.32 Å². The standard InChI is InChI=1S/C13H6ClF3N2/c14-8-2-1-7(6-18)12(3-8)19-9-4-10(15)13(17)11(16)5-9/h1-5,19H. The van der Waals surface area contributed by atoms with Gasteiger partial charge in [0.15, 0.2) is 17.5 Å². The van der Waals surface area contributed by atoms with Gasteiger partial charge in [0, 0.05) is 22.8 Å². The van der Waals surface area contributed by atoms with Gasteiger partial charge < -0.3 is 5.32 Å². The van der Waals surface area contributed by atoms with Crippen LogP contribution in [0.5, 0.6) is 0 Å². The first-order chi connectivity index (χ1) is 9.01. The molecule has 0 bridgehead atoms. The van der Waals surface area contributed by atoms with E-state index in [0.29, 0.717) is 5.02 Å². The fraction of sp³-hybridized carbons (Fsp3) is 0. The smallest absolute Gasteiger partial charge is 0.194 e. The zero-order chi connectivity index (χ0) is 14.0. The van der Waals surface area contributed by atoms with Crippen molar-refractivity contribution in [1.82, 2.24) is 0 Å². The molecule has 1 N–H and O–H groups in total. The van der Waals surface area contributed by atoms with Crippen LogP contribution in [0.3, 0.4) is 0 Å². The molecule has 0 saturated heterocycles. The number of benzene rings is 2. The molecule has 0 aliphatic heterocycles. The van der Waals surface area contributed by atoms with E-state index in [0.717, 1.165) is 12.1 Å². The van der Waals surface area contributed by atoms with Gasteiger partial charge in [-0.1, -0.05) is 11.6 Å². The minimum atomic E-state index is -1.54. The van der Waals surface area contributed by atoms with Gasteiger partial charge in [-0.3, -0.25) is 0 Å². The fourth-order valence-corrected chi connectivity index (χ4v) is 1.67. The number of hydrogen-bond donors (Lipinski definition) is 1. The van der Waals surface area contributed by atoms with E-state index >= 15 is 0 Å². The van der Waals surface area contributed by atoms with E-state index in [9.17, 15) is 13.2 Å². The summed E-state index contributed by atoms with van der Waals surface area (Å²) in [6, 6.07) is 7.89. The summed E-state index contributed by atoms with van der Waals surface area (Å²) >= 11 is 5.77. The molecular weight excluding hydrogens is 277 g/mol. The SMILES string of the molecule is N#Cc1ccc(Cl)cc1Nc1cc(F)c(F)c(F)c1. The minimum absolute atomic E-state index is 0.0184. The second-order valence-corrected chi connectivity index (χ2v) is 4.12. The predicted octanol–water partition coefficient (Wildman–Crippen LogP) is 4.37. The summed E-state index contributed by atoms with van der Waals surface area (Å²) in [4.78, 5) is 0. The molecule has 2 rings (SSSR count). The van der Waals surface area contributed by atoms with E-state index in [1.807, 2.05) is 6.07 Å². The molecule has 0 atom stereocenters. The van der Waals surface area contributed by atoms with Gasteiger partial charge in [-0.05, 0) is 18.2 Å². The number of anilines is 2. The maximum atomic E-state index is 13.1. The van der Waals surface area contributed by atoms with E-state index in [1.54, 1.807) is 0 Å². The Labute approximate surface area is 112 Å². The highest BCUT2D eigenvalue weighted by Gasteiger charge is 2.11. The molecule has 0 aliphatic carbocycles. The molecule has 0 aliphatic rings. The van der Waals surface area contributed by atoms with Crippen molar-refractivity contribution in [3.8, 4) is 6.07 Å². The van der Waals surface area contributed by atoms with Gasteiger partial charge in [0.1, 0.15) is 6.07 Å². The monoisotopic (exact) mass is 282 g/mol. The van der Waals surface area contributed by atoms with Crippen molar-refractivity contribution >= 4 is 23.0 Å². The molecule has 19 heavy (non-hydrogen) atoms. The Morgan fingerprint density at radius 1 is 1.05 bits per heavy atom. The Balaban J connectivity index is 2.42. The molecule has 2 aromatic carbocycles. The molecule has 0 aromatic heterocycles. The molecule has 6 heteroatoms. The van der Waals surface area contributed by atoms with Crippen LogP contribution in [0.25, 0.3) is 0 Å². The molecule has 0 fully saturated rings. The average molecular weight is 283 g/mol. The van der Waals surface area contributed by atoms with Crippen molar-refractivity contribution < 1.29 is 13.2 Å². The van der Waals surface area contributed by atoms with Gasteiger partial charge in [0.05, 0.1) is 11.3 Å². The van der Waals surface area contributed by atoms with E-state index in [1.165, 1.54) is 18.2 Å². The first-order valence-electron chi connectivity index (χ1n) is 5.12. The van der Waals surface area contributed by atoms with Gasteiger partial charge >= 0.3 is 0 Å². The molecule has 2 aromatic rings. The normalized spacial score (nSPS) is 10.1. The van der Waals surface area contributed by atoms with Crippen molar-refractivity contribution in [2.45, 2.75) is 0 Å². The Morgan fingerprint density at radius 2 is 1.68 bits per heavy atom. The van der Waals surface area contributed by atoms with Crippen LogP contribution >= 0.6 is 11.6 Å². The summed E-state index contributed by atoms with van der Waals surface area (Å²) in [6.07, 6.45) is 0. The summed E-state index contributed by atoms with van der Waals surface area (Å²) in [5, 5.41) is 11.9. The Hall–Kier alpha value is -2.19. The topological polar surface area (TPSA) is 35.8 Å². The van der Waals surface area contributed by atoms with Crippen LogP contribution in [0.4, 0.5) is 24.5 Å². The van der Waals surface area contributed by atoms with Gasteiger partial charge in [-0.15, -0.1) is 0 Å². The number of nitrogens with zero attached hydrogens (tertiary/aromatic N) is 1. The zero-order valence-corrected chi connectivity index (χ0v) is 10.1. The lowest BCUT2D eigenvalue weighted by molar-refractivity contribution is 0.448. The maximum Gasteiger partial charge on any atom is 0.194 e. The summed E-state index contributed by atoms with van der Waals surface area (Å²) in [7, 11) is 0. The molecule has 96 valence electrons. The molecule has 0 amide bonds. The third-order valence-corrected chi connectivity index (χ3v) is 2.60. The van der Waals surface area contributed by atoms with Crippen LogP contribution in [-0.2, 0) is 0 Å². The molecular formula is C13H6ClF3N2. The molecule has 0 spiro atoms. The predicted molar refractivity (Wildman–Crippen MR) is 65.8 cm³/mol. The lowest BCUT2D eigenvalue weighted by atomic mass is 10.2. The summed E-state index contributed by atoms with van der Waals surface area (Å²) in [5.74, 6) is -4.18. The Morgan fingerprint density at radius 3 is 2.26 bits per heavy atom. The first-order valence-corrected chi connectivity index (χ1v) is 5.50. The molecule has 0 radical (unpaired) electrons. The largest absolute Gasteiger partial charge is 0.354 e. The minimum Gasteiger partial charge on any atom is -0.354 e. The van der Waals surface area contributed by atoms with Crippen molar-refractivity contribution in [2.24, 2.45) is 0 Å². The highest BCUT2D eigenvalue weighted by molar-refractivity contribution is 6.30. The van der Waals surface area contributed by atoms with Crippen LogP contribution in [0.15, 0.2) is 30.3 Å². The zero-order valence-electron chi connectivity index (χ0n) is 9.35. The van der Waals surface area contributed by atoms with E-state index in [2.05, 4.69) is 5.32 Å². The van der Waals surface area contributed by atoms with Gasteiger partial charge in [-0.25, -0.2) is 13.2 Å². The second kappa shape index (κ2) is 5.21. The highest BCUT2D eigenvalue weighted by atomic mass is 35.5. The van der Waals surface area contributed by atoms with Crippen LogP contribution < -0.4 is 5.32 Å². The van der Waals surface area contributed by atoms with Gasteiger partial charge in [0.2, 0.25) is 0 Å². The third kappa shape index (κ3) is 2.80. The maximum absolute atomic E-state index is 13.1. The summed E-state index contributed by atoms with van der Waals surface area (Å²) in [5.41, 5.74) is 0.505. The third-order valence-electron chi connectivity index (χ3n) is 2.36. The number of rotatable bonds is 2. The van der Waals surface area contributed by atoms with E-state index < -0.39 is 17.5 Å². The average Bonchev–Trinajstić information content (AvgIpc) is 2.36. The molecule has 0 heterocycles. The summed E-state index contributed by atoms with van der Waals surface area (Å²) < 4.78 is 38.9. The van der Waals surface area contributed by atoms with Crippen molar-refractivity contribution in [3.63, 3.8) is 0 Å². The lowest BCUT2D eigenvalue weighted by Crippen LogP contribution is -1.98. The van der Waals surface area contributed by atoms with Crippen LogP contribution in [-0.4, -0.2) is 0 Å². The molecule has 0 unspecified atom stereocenters. The quantitative estimate of drug-likeness (QED) is 0.830. The lowest BCUT2D eigenvalue weighted by Gasteiger charge is -2.09. The van der Waals surface area contributed by atoms with Gasteiger partial charge in [0.25, 0.3) is 0 Å². The molecule has 2 nitrogen and oxygen atoms in total. The Bertz CT molecular complexity index is 657. The van der Waals surface area contributed by atoms with Crippen LogP contribution in [0, 0.1) is 28.8 Å². The van der Waals surface area contributed by atoms with Crippen LogP contribution in [0.2, 0.25) is 5.02 Å². The van der Waals surface area contributed by atoms with Crippen molar-refractivity contribution in [1.29, 1.82) is 5.26 Å². The number of halogens is 4. The van der Waals surface area contributed by atoms with E-state index in [-0.39, 0.29) is 16.9 Å². The number of nitriles is 1. The Kier molecular flexibility index (Phi) is 3.63. The number of hydrogen-bond acceptors (Lipinski definition) is 2. The summed E-state index contributed by atoms with van der Waals surface area (Å²) in [6.45, 7) is 0. The van der Waals surface area contributed by atoms with E-state index in [4.69, 9.17) is 16.9 Å². The highest BCUT2D eigenvalue weighted by Crippen LogP contribution is 2.26. The fourth-order valence-electron chi connectivity index (χ4n) is 1.50. The van der Waals surface area contributed by atoms with Crippen LogP contribution in [0.1, 0.15) is 5.56 Å².